The summed E-state index contributed by atoms with van der Waals surface area (Å²) in [6, 6.07) is 3.43. The van der Waals surface area contributed by atoms with E-state index in [1.807, 2.05) is 0 Å². The van der Waals surface area contributed by atoms with Crippen LogP contribution < -0.4 is 5.32 Å². The number of nitrogens with one attached hydrogen (secondary N) is 1. The monoisotopic (exact) mass is 448 g/mol. The van der Waals surface area contributed by atoms with E-state index in [2.05, 4.69) is 19.2 Å². The van der Waals surface area contributed by atoms with Gasteiger partial charge in [-0.25, -0.2) is 0 Å². The maximum atomic E-state index is 13.0. The van der Waals surface area contributed by atoms with Crippen LogP contribution in [-0.2, 0) is 22.3 Å². The number of hydrogen-bond donors (Lipinski definition) is 1. The van der Waals surface area contributed by atoms with Crippen molar-refractivity contribution in [2.75, 3.05) is 13.1 Å². The van der Waals surface area contributed by atoms with E-state index in [1.165, 1.54) is 6.07 Å². The topological polar surface area (TPSA) is 49.4 Å². The van der Waals surface area contributed by atoms with Crippen molar-refractivity contribution >= 4 is 23.4 Å². The summed E-state index contributed by atoms with van der Waals surface area (Å²) in [7, 11) is 0. The summed E-state index contributed by atoms with van der Waals surface area (Å²) >= 11 is 5.61. The minimum atomic E-state index is -4.58. The molecule has 0 aliphatic carbocycles. The van der Waals surface area contributed by atoms with Crippen molar-refractivity contribution in [3.63, 3.8) is 0 Å². The van der Waals surface area contributed by atoms with Gasteiger partial charge in [0.2, 0.25) is 0 Å². The van der Waals surface area contributed by atoms with Crippen LogP contribution in [0.1, 0.15) is 76.3 Å². The molecule has 0 atom stereocenters. The molecule has 1 N–H and O–H groups in total. The Morgan fingerprint density at radius 1 is 0.967 bits per heavy atom. The van der Waals surface area contributed by atoms with Gasteiger partial charge in [-0.3, -0.25) is 9.59 Å². The molecule has 8 heteroatoms. The third kappa shape index (κ3) is 9.37. The number of nitrogens with zero attached hydrogens (tertiary/aromatic N) is 1. The third-order valence-corrected chi connectivity index (χ3v) is 5.16. The number of hydrogen-bond acceptors (Lipinski definition) is 2. The summed E-state index contributed by atoms with van der Waals surface area (Å²) in [5.41, 5.74) is -0.735. The minimum absolute atomic E-state index is 0.176. The van der Waals surface area contributed by atoms with Gasteiger partial charge in [0.15, 0.2) is 0 Å². The summed E-state index contributed by atoms with van der Waals surface area (Å²) in [4.78, 5) is 26.5. The highest BCUT2D eigenvalue weighted by Gasteiger charge is 2.33. The van der Waals surface area contributed by atoms with Gasteiger partial charge in [0.25, 0.3) is 0 Å². The summed E-state index contributed by atoms with van der Waals surface area (Å²) in [6.07, 6.45) is 3.34. The van der Waals surface area contributed by atoms with Crippen molar-refractivity contribution in [3.8, 4) is 0 Å². The lowest BCUT2D eigenvalue weighted by Crippen LogP contribution is -2.43. The Labute approximate surface area is 182 Å². The molecule has 1 rings (SSSR count). The first-order chi connectivity index (χ1) is 14.2. The van der Waals surface area contributed by atoms with E-state index in [4.69, 9.17) is 11.6 Å². The largest absolute Gasteiger partial charge is 0.417 e. The maximum Gasteiger partial charge on any atom is 0.417 e. The molecule has 0 heterocycles. The highest BCUT2D eigenvalue weighted by atomic mass is 35.5. The van der Waals surface area contributed by atoms with E-state index in [0.29, 0.717) is 13.1 Å². The average Bonchev–Trinajstić information content (AvgIpc) is 2.70. The molecule has 0 saturated carbocycles. The molecule has 0 radical (unpaired) electrons. The van der Waals surface area contributed by atoms with Gasteiger partial charge < -0.3 is 10.2 Å². The Balaban J connectivity index is 2.69. The molecule has 0 aliphatic rings. The quantitative estimate of drug-likeness (QED) is 0.316. The molecular weight excluding hydrogens is 417 g/mol. The predicted molar refractivity (Wildman–Crippen MR) is 113 cm³/mol. The standard InChI is InChI=1S/C22H32ClF3N2O2/c1-3-5-7-9-13-28(14-10-8-6-4-2)21(30)20(29)27-16-17-11-12-19(23)18(15-17)22(24,25)26/h11-12,15H,3-10,13-14,16H2,1-2H3,(H,27,29). The van der Waals surface area contributed by atoms with Gasteiger partial charge in [-0.1, -0.05) is 70.0 Å². The molecule has 0 fully saturated rings. The molecule has 0 saturated heterocycles. The van der Waals surface area contributed by atoms with Crippen LogP contribution in [-0.4, -0.2) is 29.8 Å². The van der Waals surface area contributed by atoms with Gasteiger partial charge >= 0.3 is 18.0 Å². The molecule has 4 nitrogen and oxygen atoms in total. The van der Waals surface area contributed by atoms with Gasteiger partial charge in [0.1, 0.15) is 0 Å². The first-order valence-electron chi connectivity index (χ1n) is 10.6. The van der Waals surface area contributed by atoms with E-state index in [9.17, 15) is 22.8 Å². The number of alkyl halides is 3. The third-order valence-electron chi connectivity index (χ3n) is 4.83. The Bertz CT molecular complexity index is 669. The number of rotatable bonds is 12. The minimum Gasteiger partial charge on any atom is -0.344 e. The lowest BCUT2D eigenvalue weighted by atomic mass is 10.1. The zero-order valence-electron chi connectivity index (χ0n) is 17.8. The van der Waals surface area contributed by atoms with Gasteiger partial charge in [0, 0.05) is 19.6 Å². The number of amides is 2. The lowest BCUT2D eigenvalue weighted by molar-refractivity contribution is -0.146. The summed E-state index contributed by atoms with van der Waals surface area (Å²) in [6.45, 7) is 5.05. The van der Waals surface area contributed by atoms with Gasteiger partial charge in [-0.2, -0.15) is 13.2 Å². The fourth-order valence-electron chi connectivity index (χ4n) is 3.07. The molecule has 1 aromatic rings. The second-order valence-electron chi connectivity index (χ2n) is 7.41. The molecule has 0 aliphatic heterocycles. The van der Waals surface area contributed by atoms with Crippen LogP contribution in [0.15, 0.2) is 18.2 Å². The maximum absolute atomic E-state index is 13.0. The Hall–Kier alpha value is -1.76. The number of carbonyl (C=O) groups excluding carboxylic acids is 2. The van der Waals surface area contributed by atoms with Crippen molar-refractivity contribution < 1.29 is 22.8 Å². The number of halogens is 4. The molecule has 0 bridgehead atoms. The van der Waals surface area contributed by atoms with Crippen molar-refractivity contribution in [3.05, 3.63) is 34.3 Å². The van der Waals surface area contributed by atoms with E-state index in [0.717, 1.165) is 63.5 Å². The molecule has 0 unspecified atom stereocenters. The number of carbonyl (C=O) groups is 2. The van der Waals surface area contributed by atoms with E-state index >= 15 is 0 Å². The van der Waals surface area contributed by atoms with Crippen molar-refractivity contribution in [1.29, 1.82) is 0 Å². The lowest BCUT2D eigenvalue weighted by Gasteiger charge is -2.22. The summed E-state index contributed by atoms with van der Waals surface area (Å²) in [5, 5.41) is 2.04. The SMILES string of the molecule is CCCCCCN(CCCCCC)C(=O)C(=O)NCc1ccc(Cl)c(C(F)(F)F)c1. The van der Waals surface area contributed by atoms with E-state index in [-0.39, 0.29) is 12.1 Å². The highest BCUT2D eigenvalue weighted by molar-refractivity contribution is 6.35. The van der Waals surface area contributed by atoms with Gasteiger partial charge in [-0.15, -0.1) is 0 Å². The van der Waals surface area contributed by atoms with Crippen LogP contribution in [0, 0.1) is 0 Å². The first kappa shape index (κ1) is 26.3. The Kier molecular flexibility index (Phi) is 11.8. The fraction of sp³-hybridized carbons (Fsp3) is 0.636. The zero-order chi connectivity index (χ0) is 22.6. The molecule has 30 heavy (non-hydrogen) atoms. The number of unbranched alkanes of at least 4 members (excludes halogenated alkanes) is 6. The summed E-state index contributed by atoms with van der Waals surface area (Å²) < 4.78 is 38.9. The van der Waals surface area contributed by atoms with Crippen LogP contribution in [0.2, 0.25) is 5.02 Å². The molecule has 0 spiro atoms. The Morgan fingerprint density at radius 2 is 1.53 bits per heavy atom. The average molecular weight is 449 g/mol. The van der Waals surface area contributed by atoms with Crippen molar-refractivity contribution in [2.45, 2.75) is 77.9 Å². The second-order valence-corrected chi connectivity index (χ2v) is 7.82. The molecule has 1 aromatic carbocycles. The van der Waals surface area contributed by atoms with Gasteiger partial charge in [-0.05, 0) is 30.5 Å². The number of benzene rings is 1. The predicted octanol–water partition coefficient (Wildman–Crippen LogP) is 5.96. The normalized spacial score (nSPS) is 11.4. The molecular formula is C22H32ClF3N2O2. The van der Waals surface area contributed by atoms with Crippen LogP contribution in [0.5, 0.6) is 0 Å². The smallest absolute Gasteiger partial charge is 0.344 e. The molecule has 0 aromatic heterocycles. The van der Waals surface area contributed by atoms with Crippen LogP contribution in [0.3, 0.4) is 0 Å². The molecule has 170 valence electrons. The second kappa shape index (κ2) is 13.5. The van der Waals surface area contributed by atoms with Crippen molar-refractivity contribution in [2.24, 2.45) is 0 Å². The van der Waals surface area contributed by atoms with Crippen molar-refractivity contribution in [1.82, 2.24) is 10.2 Å². The van der Waals surface area contributed by atoms with Crippen LogP contribution >= 0.6 is 11.6 Å². The van der Waals surface area contributed by atoms with E-state index < -0.39 is 28.6 Å². The molecule has 2 amide bonds. The summed E-state index contributed by atoms with van der Waals surface area (Å²) in [5.74, 6) is -1.43. The highest BCUT2D eigenvalue weighted by Crippen LogP contribution is 2.35. The first-order valence-corrected chi connectivity index (χ1v) is 11.0. The van der Waals surface area contributed by atoms with E-state index in [1.54, 1.807) is 4.90 Å². The fourth-order valence-corrected chi connectivity index (χ4v) is 3.30. The zero-order valence-corrected chi connectivity index (χ0v) is 18.5. The van der Waals surface area contributed by atoms with Crippen LogP contribution in [0.4, 0.5) is 13.2 Å². The van der Waals surface area contributed by atoms with Crippen LogP contribution in [0.25, 0.3) is 0 Å². The Morgan fingerprint density at radius 3 is 2.03 bits per heavy atom. The van der Waals surface area contributed by atoms with Gasteiger partial charge in [0.05, 0.1) is 10.6 Å².